The maximum absolute atomic E-state index is 13.6. The fourth-order valence-electron chi connectivity index (χ4n) is 3.75. The highest BCUT2D eigenvalue weighted by Gasteiger charge is 2.15. The van der Waals surface area contributed by atoms with E-state index in [0.29, 0.717) is 33.7 Å². The molecule has 2 N–H and O–H groups in total. The van der Waals surface area contributed by atoms with Crippen LogP contribution in [0, 0.1) is 17.1 Å². The van der Waals surface area contributed by atoms with Crippen LogP contribution >= 0.6 is 11.6 Å². The van der Waals surface area contributed by atoms with E-state index in [1.165, 1.54) is 37.6 Å². The van der Waals surface area contributed by atoms with Crippen molar-refractivity contribution in [1.82, 2.24) is 9.88 Å². The Hall–Kier alpha value is -3.67. The number of nitriles is 1. The van der Waals surface area contributed by atoms with Crippen LogP contribution in [-0.2, 0) is 4.79 Å². The minimum atomic E-state index is -0.546. The quantitative estimate of drug-likeness (QED) is 0.360. The number of rotatable bonds is 9. The molecule has 2 aromatic carbocycles. The Balaban J connectivity index is 2.00. The largest absolute Gasteiger partial charge is 0.494 e. The number of likely N-dealkylation sites (N-methyl/N-ethyl adjacent to an activating group) is 1. The van der Waals surface area contributed by atoms with Crippen LogP contribution in [0.1, 0.15) is 26.3 Å². The molecule has 3 rings (SSSR count). The number of carbonyl (C=O) groups is 1. The van der Waals surface area contributed by atoms with Gasteiger partial charge in [0.1, 0.15) is 17.6 Å². The summed E-state index contributed by atoms with van der Waals surface area (Å²) in [7, 11) is 1.50. The fourth-order valence-corrected chi connectivity index (χ4v) is 3.93. The van der Waals surface area contributed by atoms with E-state index in [4.69, 9.17) is 16.3 Å². The molecule has 1 unspecified atom stereocenters. The number of methoxy groups -OCH3 is 1. The van der Waals surface area contributed by atoms with Gasteiger partial charge in [0, 0.05) is 35.5 Å². The molecule has 0 aliphatic rings. The first-order chi connectivity index (χ1) is 16.8. The van der Waals surface area contributed by atoms with Gasteiger partial charge in [0.05, 0.1) is 34.6 Å². The Bertz CT molecular complexity index is 1300. The number of ether oxygens (including phenoxy) is 1. The van der Waals surface area contributed by atoms with E-state index in [-0.39, 0.29) is 22.5 Å². The lowest BCUT2D eigenvalue weighted by molar-refractivity contribution is -0.112. The van der Waals surface area contributed by atoms with Crippen molar-refractivity contribution in [3.63, 3.8) is 0 Å². The lowest BCUT2D eigenvalue weighted by Crippen LogP contribution is -2.31. The molecule has 1 heterocycles. The summed E-state index contributed by atoms with van der Waals surface area (Å²) in [6.45, 7) is 7.94. The monoisotopic (exact) mass is 495 g/mol. The Morgan fingerprint density at radius 2 is 2.06 bits per heavy atom. The molecule has 0 aliphatic carbocycles. The molecule has 0 saturated heterocycles. The molecule has 3 aromatic rings. The van der Waals surface area contributed by atoms with Crippen molar-refractivity contribution in [2.24, 2.45) is 0 Å². The Morgan fingerprint density at radius 1 is 1.31 bits per heavy atom. The summed E-state index contributed by atoms with van der Waals surface area (Å²) < 4.78 is 19.1. The average Bonchev–Trinajstić information content (AvgIpc) is 2.85. The van der Waals surface area contributed by atoms with Crippen molar-refractivity contribution in [2.45, 2.75) is 26.8 Å². The van der Waals surface area contributed by atoms with E-state index in [2.05, 4.69) is 40.4 Å². The van der Waals surface area contributed by atoms with Crippen LogP contribution in [0.5, 0.6) is 5.75 Å². The van der Waals surface area contributed by atoms with Crippen molar-refractivity contribution in [1.29, 1.82) is 5.26 Å². The third-order valence-corrected chi connectivity index (χ3v) is 5.96. The number of amides is 1. The molecule has 182 valence electrons. The van der Waals surface area contributed by atoms with Crippen molar-refractivity contribution in [2.75, 3.05) is 30.8 Å². The van der Waals surface area contributed by atoms with Crippen LogP contribution < -0.4 is 15.4 Å². The molecule has 0 bridgehead atoms. The van der Waals surface area contributed by atoms with Gasteiger partial charge in [-0.05, 0) is 44.3 Å². The molecule has 1 atom stereocenters. The van der Waals surface area contributed by atoms with Gasteiger partial charge in [-0.3, -0.25) is 14.7 Å². The van der Waals surface area contributed by atoms with Gasteiger partial charge in [-0.2, -0.15) is 5.26 Å². The molecular formula is C26H27ClFN5O2. The second-order valence-corrected chi connectivity index (χ2v) is 8.20. The lowest BCUT2D eigenvalue weighted by atomic mass is 10.1. The van der Waals surface area contributed by atoms with Crippen LogP contribution in [0.4, 0.5) is 21.5 Å². The molecule has 0 spiro atoms. The first-order valence-electron chi connectivity index (χ1n) is 11.2. The molecule has 0 radical (unpaired) electrons. The highest BCUT2D eigenvalue weighted by Crippen LogP contribution is 2.36. The minimum absolute atomic E-state index is 0.0489. The zero-order valence-corrected chi connectivity index (χ0v) is 20.8. The van der Waals surface area contributed by atoms with E-state index in [1.807, 2.05) is 13.0 Å². The predicted molar refractivity (Wildman–Crippen MR) is 138 cm³/mol. The van der Waals surface area contributed by atoms with Crippen LogP contribution in [0.25, 0.3) is 10.9 Å². The molecule has 0 fully saturated rings. The number of aromatic nitrogens is 1. The molecular weight excluding hydrogens is 469 g/mol. The van der Waals surface area contributed by atoms with Crippen molar-refractivity contribution in [3.05, 3.63) is 65.1 Å². The SMILES string of the molecule is CCN(CC)C(C)/C=C/C(=O)Nc1cc2c(Nc3ccc(F)c(Cl)c3)c(C#N)cnc2cc1OC. The highest BCUT2D eigenvalue weighted by atomic mass is 35.5. The van der Waals surface area contributed by atoms with E-state index in [1.54, 1.807) is 12.1 Å². The number of nitrogens with one attached hydrogen (secondary N) is 2. The van der Waals surface area contributed by atoms with E-state index in [0.717, 1.165) is 13.1 Å². The average molecular weight is 496 g/mol. The smallest absolute Gasteiger partial charge is 0.248 e. The number of anilines is 3. The van der Waals surface area contributed by atoms with Gasteiger partial charge in [0.2, 0.25) is 5.91 Å². The number of carbonyl (C=O) groups excluding carboxylic acids is 1. The lowest BCUT2D eigenvalue weighted by Gasteiger charge is -2.23. The maximum Gasteiger partial charge on any atom is 0.248 e. The number of nitrogens with zero attached hydrogens (tertiary/aromatic N) is 3. The predicted octanol–water partition coefficient (Wildman–Crippen LogP) is 5.88. The van der Waals surface area contributed by atoms with Gasteiger partial charge >= 0.3 is 0 Å². The van der Waals surface area contributed by atoms with Crippen LogP contribution in [0.15, 0.2) is 48.7 Å². The Kier molecular flexibility index (Phi) is 8.63. The van der Waals surface area contributed by atoms with Gasteiger partial charge in [-0.1, -0.05) is 31.5 Å². The van der Waals surface area contributed by atoms with Crippen LogP contribution in [-0.4, -0.2) is 42.0 Å². The van der Waals surface area contributed by atoms with Gasteiger partial charge in [-0.25, -0.2) is 4.39 Å². The molecule has 7 nitrogen and oxygen atoms in total. The summed E-state index contributed by atoms with van der Waals surface area (Å²) >= 11 is 5.92. The maximum atomic E-state index is 13.6. The first-order valence-corrected chi connectivity index (χ1v) is 11.5. The third kappa shape index (κ3) is 6.07. The summed E-state index contributed by atoms with van der Waals surface area (Å²) in [6.07, 6.45) is 4.78. The van der Waals surface area contributed by atoms with Crippen LogP contribution in [0.2, 0.25) is 5.02 Å². The van der Waals surface area contributed by atoms with Crippen LogP contribution in [0.3, 0.4) is 0 Å². The zero-order chi connectivity index (χ0) is 25.5. The standard InChI is InChI=1S/C26H27ClFN5O2/c1-5-33(6-2)16(3)7-10-25(34)32-23-12-19-22(13-24(23)35-4)30-15-17(14-29)26(19)31-18-8-9-21(28)20(27)11-18/h7-13,15-16H,5-6H2,1-4H3,(H,30,31)(H,32,34)/b10-7+. The van der Waals surface area contributed by atoms with Gasteiger partial charge in [0.25, 0.3) is 0 Å². The van der Waals surface area contributed by atoms with E-state index < -0.39 is 5.82 Å². The highest BCUT2D eigenvalue weighted by molar-refractivity contribution is 6.31. The molecule has 35 heavy (non-hydrogen) atoms. The molecule has 9 heteroatoms. The molecule has 0 saturated carbocycles. The zero-order valence-electron chi connectivity index (χ0n) is 20.0. The fraction of sp³-hybridized carbons (Fsp3) is 0.269. The topological polar surface area (TPSA) is 90.3 Å². The summed E-state index contributed by atoms with van der Waals surface area (Å²) in [6, 6.07) is 9.77. The number of hydrogen-bond acceptors (Lipinski definition) is 6. The second-order valence-electron chi connectivity index (χ2n) is 7.79. The normalized spacial score (nSPS) is 12.1. The Labute approximate surface area is 209 Å². The molecule has 0 aliphatic heterocycles. The van der Waals surface area contributed by atoms with E-state index >= 15 is 0 Å². The number of pyridine rings is 1. The molecule has 1 aromatic heterocycles. The van der Waals surface area contributed by atoms with Gasteiger partial charge < -0.3 is 15.4 Å². The number of hydrogen-bond donors (Lipinski definition) is 2. The van der Waals surface area contributed by atoms with Gasteiger partial charge in [-0.15, -0.1) is 0 Å². The van der Waals surface area contributed by atoms with Crippen molar-refractivity contribution >= 4 is 45.5 Å². The minimum Gasteiger partial charge on any atom is -0.494 e. The van der Waals surface area contributed by atoms with Gasteiger partial charge in [0.15, 0.2) is 0 Å². The summed E-state index contributed by atoms with van der Waals surface area (Å²) in [4.78, 5) is 19.3. The summed E-state index contributed by atoms with van der Waals surface area (Å²) in [5.74, 6) is -0.440. The number of fused-ring (bicyclic) bond motifs is 1. The number of halogens is 2. The molecule has 1 amide bonds. The van der Waals surface area contributed by atoms with E-state index in [9.17, 15) is 14.4 Å². The van der Waals surface area contributed by atoms with Crippen molar-refractivity contribution < 1.29 is 13.9 Å². The number of benzene rings is 2. The van der Waals surface area contributed by atoms with Crippen molar-refractivity contribution in [3.8, 4) is 11.8 Å². The summed E-state index contributed by atoms with van der Waals surface area (Å²) in [5.41, 5.74) is 2.18. The Morgan fingerprint density at radius 3 is 2.69 bits per heavy atom. The summed E-state index contributed by atoms with van der Waals surface area (Å²) in [5, 5.41) is 16.2. The third-order valence-electron chi connectivity index (χ3n) is 5.67. The first kappa shape index (κ1) is 25.9. The second kappa shape index (κ2) is 11.6.